The van der Waals surface area contributed by atoms with Gasteiger partial charge in [-0.25, -0.2) is 0 Å². The Labute approximate surface area is 172 Å². The van der Waals surface area contributed by atoms with Gasteiger partial charge in [0.15, 0.2) is 0 Å². The van der Waals surface area contributed by atoms with Crippen molar-refractivity contribution in [3.63, 3.8) is 0 Å². The Kier molecular flexibility index (Phi) is 4.91. The molecule has 0 saturated heterocycles. The van der Waals surface area contributed by atoms with Crippen LogP contribution >= 0.6 is 0 Å². The Morgan fingerprint density at radius 2 is 1.66 bits per heavy atom. The average Bonchev–Trinajstić information content (AvgIpc) is 3.06. The second kappa shape index (κ2) is 7.84. The number of para-hydroxylation sites is 1. The number of benzene rings is 2. The molecule has 1 atom stereocenters. The van der Waals surface area contributed by atoms with Crippen molar-refractivity contribution in [2.45, 2.75) is 45.4 Å². The minimum absolute atomic E-state index is 0.534. The van der Waals surface area contributed by atoms with E-state index in [1.807, 2.05) is 12.4 Å². The molecular formula is C26H27N3. The van der Waals surface area contributed by atoms with Gasteiger partial charge >= 0.3 is 0 Å². The predicted molar refractivity (Wildman–Crippen MR) is 119 cm³/mol. The maximum absolute atomic E-state index is 4.15. The second-order valence-corrected chi connectivity index (χ2v) is 8.14. The zero-order chi connectivity index (χ0) is 19.6. The molecule has 0 amide bonds. The van der Waals surface area contributed by atoms with Crippen molar-refractivity contribution in [2.24, 2.45) is 0 Å². The Morgan fingerprint density at radius 3 is 2.48 bits per heavy atom. The molecule has 4 aromatic rings. The molecular weight excluding hydrogens is 354 g/mol. The van der Waals surface area contributed by atoms with Crippen molar-refractivity contribution in [2.75, 3.05) is 0 Å². The lowest BCUT2D eigenvalue weighted by atomic mass is 9.98. The van der Waals surface area contributed by atoms with Crippen LogP contribution < -0.4 is 0 Å². The number of aryl methyl sites for hydroxylation is 2. The average molecular weight is 382 g/mol. The maximum atomic E-state index is 4.15. The van der Waals surface area contributed by atoms with E-state index in [1.165, 1.54) is 33.3 Å². The van der Waals surface area contributed by atoms with Crippen LogP contribution in [-0.2, 0) is 32.5 Å². The lowest BCUT2D eigenvalue weighted by Crippen LogP contribution is -2.38. The van der Waals surface area contributed by atoms with Crippen LogP contribution in [0.15, 0.2) is 79.1 Å². The van der Waals surface area contributed by atoms with Crippen molar-refractivity contribution in [1.82, 2.24) is 14.5 Å². The van der Waals surface area contributed by atoms with E-state index in [0.717, 1.165) is 32.5 Å². The van der Waals surface area contributed by atoms with Crippen LogP contribution in [0.3, 0.4) is 0 Å². The molecule has 0 bridgehead atoms. The van der Waals surface area contributed by atoms with Crippen LogP contribution in [0.25, 0.3) is 10.9 Å². The van der Waals surface area contributed by atoms with Gasteiger partial charge in [0, 0.05) is 61.1 Å². The summed E-state index contributed by atoms with van der Waals surface area (Å²) in [6, 6.07) is 24.6. The van der Waals surface area contributed by atoms with Gasteiger partial charge in [0.2, 0.25) is 0 Å². The fourth-order valence-electron chi connectivity index (χ4n) is 4.68. The van der Waals surface area contributed by atoms with Gasteiger partial charge in [-0.3, -0.25) is 9.88 Å². The van der Waals surface area contributed by atoms with Crippen LogP contribution in [0.1, 0.15) is 29.3 Å². The van der Waals surface area contributed by atoms with Crippen LogP contribution in [0, 0.1) is 0 Å². The molecule has 146 valence electrons. The van der Waals surface area contributed by atoms with Gasteiger partial charge < -0.3 is 4.57 Å². The molecule has 0 spiro atoms. The van der Waals surface area contributed by atoms with E-state index in [9.17, 15) is 0 Å². The van der Waals surface area contributed by atoms with E-state index < -0.39 is 0 Å². The summed E-state index contributed by atoms with van der Waals surface area (Å²) in [5.74, 6) is 0. The predicted octanol–water partition coefficient (Wildman–Crippen LogP) is 5.23. The van der Waals surface area contributed by atoms with E-state index in [1.54, 1.807) is 0 Å². The molecule has 0 N–H and O–H groups in total. The van der Waals surface area contributed by atoms with Crippen molar-refractivity contribution >= 4 is 10.9 Å². The molecule has 3 nitrogen and oxygen atoms in total. The highest BCUT2D eigenvalue weighted by Crippen LogP contribution is 2.34. The molecule has 2 aromatic heterocycles. The van der Waals surface area contributed by atoms with Gasteiger partial charge in [0.05, 0.1) is 0 Å². The van der Waals surface area contributed by atoms with Gasteiger partial charge in [-0.15, -0.1) is 0 Å². The largest absolute Gasteiger partial charge is 0.344 e. The van der Waals surface area contributed by atoms with Crippen molar-refractivity contribution in [3.05, 3.63) is 102 Å². The first-order chi connectivity index (χ1) is 14.3. The van der Waals surface area contributed by atoms with Crippen LogP contribution in [0.5, 0.6) is 0 Å². The lowest BCUT2D eigenvalue weighted by Gasteiger charge is -2.34. The third-order valence-electron chi connectivity index (χ3n) is 6.27. The molecule has 3 heteroatoms. The quantitative estimate of drug-likeness (QED) is 0.472. The number of aromatic nitrogens is 2. The number of hydrogen-bond acceptors (Lipinski definition) is 2. The molecule has 0 fully saturated rings. The fourth-order valence-corrected chi connectivity index (χ4v) is 4.68. The standard InChI is InChI=1S/C26H27N3/c1-20-17-26-24(19-28(20)18-22-7-3-2-4-8-22)23-9-5-6-10-25(23)29(26)16-13-21-11-14-27-15-12-21/h2-12,14-15,20H,13,16-19H2,1H3. The first-order valence-electron chi connectivity index (χ1n) is 10.6. The number of rotatable bonds is 5. The lowest BCUT2D eigenvalue weighted by molar-refractivity contribution is 0.173. The summed E-state index contributed by atoms with van der Waals surface area (Å²) in [4.78, 5) is 6.77. The van der Waals surface area contributed by atoms with Crippen LogP contribution in [-0.4, -0.2) is 20.5 Å². The molecule has 5 rings (SSSR count). The van der Waals surface area contributed by atoms with E-state index in [0.29, 0.717) is 6.04 Å². The zero-order valence-electron chi connectivity index (χ0n) is 17.0. The molecule has 0 saturated carbocycles. The fraction of sp³-hybridized carbons (Fsp3) is 0.269. The highest BCUT2D eigenvalue weighted by molar-refractivity contribution is 5.85. The van der Waals surface area contributed by atoms with Gasteiger partial charge in [-0.2, -0.15) is 0 Å². The van der Waals surface area contributed by atoms with Gasteiger partial charge in [0.25, 0.3) is 0 Å². The molecule has 3 heterocycles. The first kappa shape index (κ1) is 18.1. The second-order valence-electron chi connectivity index (χ2n) is 8.14. The third kappa shape index (κ3) is 3.58. The number of pyridine rings is 1. The summed E-state index contributed by atoms with van der Waals surface area (Å²) in [6.07, 6.45) is 5.92. The Bertz CT molecular complexity index is 1100. The third-order valence-corrected chi connectivity index (χ3v) is 6.27. The summed E-state index contributed by atoms with van der Waals surface area (Å²) in [5, 5.41) is 1.42. The summed E-state index contributed by atoms with van der Waals surface area (Å²) >= 11 is 0. The van der Waals surface area contributed by atoms with Crippen molar-refractivity contribution < 1.29 is 0 Å². The number of hydrogen-bond donors (Lipinski definition) is 0. The summed E-state index contributed by atoms with van der Waals surface area (Å²) in [5.41, 5.74) is 7.16. The number of nitrogens with zero attached hydrogens (tertiary/aromatic N) is 3. The summed E-state index contributed by atoms with van der Waals surface area (Å²) in [6.45, 7) is 5.42. The Morgan fingerprint density at radius 1 is 0.897 bits per heavy atom. The highest BCUT2D eigenvalue weighted by Gasteiger charge is 2.28. The topological polar surface area (TPSA) is 21.1 Å². The summed E-state index contributed by atoms with van der Waals surface area (Å²) < 4.78 is 2.57. The highest BCUT2D eigenvalue weighted by atomic mass is 15.2. The molecule has 0 aliphatic carbocycles. The normalized spacial score (nSPS) is 16.8. The van der Waals surface area contributed by atoms with Crippen LogP contribution in [0.2, 0.25) is 0 Å². The molecule has 1 unspecified atom stereocenters. The Balaban J connectivity index is 1.47. The smallest absolute Gasteiger partial charge is 0.0486 e. The number of fused-ring (bicyclic) bond motifs is 3. The summed E-state index contributed by atoms with van der Waals surface area (Å²) in [7, 11) is 0. The van der Waals surface area contributed by atoms with E-state index >= 15 is 0 Å². The Hall–Kier alpha value is -2.91. The molecule has 0 radical (unpaired) electrons. The van der Waals surface area contributed by atoms with Crippen molar-refractivity contribution in [1.29, 1.82) is 0 Å². The molecule has 29 heavy (non-hydrogen) atoms. The van der Waals surface area contributed by atoms with E-state index in [4.69, 9.17) is 0 Å². The monoisotopic (exact) mass is 381 g/mol. The first-order valence-corrected chi connectivity index (χ1v) is 10.6. The van der Waals surface area contributed by atoms with Gasteiger partial charge in [-0.1, -0.05) is 48.5 Å². The van der Waals surface area contributed by atoms with Gasteiger partial charge in [-0.05, 0) is 48.2 Å². The van der Waals surface area contributed by atoms with Gasteiger partial charge in [0.1, 0.15) is 0 Å². The van der Waals surface area contributed by atoms with Crippen LogP contribution in [0.4, 0.5) is 0 Å². The molecule has 1 aliphatic rings. The minimum atomic E-state index is 0.534. The van der Waals surface area contributed by atoms with E-state index in [-0.39, 0.29) is 0 Å². The van der Waals surface area contributed by atoms with Crippen molar-refractivity contribution in [3.8, 4) is 0 Å². The zero-order valence-corrected chi connectivity index (χ0v) is 17.0. The SMILES string of the molecule is CC1Cc2c(c3ccccc3n2CCc2ccncc2)CN1Cc1ccccc1. The maximum Gasteiger partial charge on any atom is 0.0486 e. The van der Waals surface area contributed by atoms with E-state index in [2.05, 4.69) is 88.1 Å². The molecule has 2 aromatic carbocycles. The molecule has 1 aliphatic heterocycles. The minimum Gasteiger partial charge on any atom is -0.344 e.